The molecule has 1 saturated carbocycles. The van der Waals surface area contributed by atoms with Crippen molar-refractivity contribution in [1.29, 1.82) is 0 Å². The summed E-state index contributed by atoms with van der Waals surface area (Å²) in [7, 11) is 1.75. The Morgan fingerprint density at radius 2 is 2.16 bits per heavy atom. The summed E-state index contributed by atoms with van der Waals surface area (Å²) in [5.41, 5.74) is 1.61. The summed E-state index contributed by atoms with van der Waals surface area (Å²) in [5, 5.41) is 24.0. The Bertz CT molecular complexity index is 1370. The van der Waals surface area contributed by atoms with Crippen LogP contribution in [0.1, 0.15) is 41.5 Å². The topological polar surface area (TPSA) is 96.2 Å². The summed E-state index contributed by atoms with van der Waals surface area (Å²) in [4.78, 5) is 30.4. The van der Waals surface area contributed by atoms with Crippen LogP contribution in [-0.4, -0.2) is 69.6 Å². The van der Waals surface area contributed by atoms with Crippen LogP contribution in [0.2, 0.25) is 0 Å². The van der Waals surface area contributed by atoms with Gasteiger partial charge < -0.3 is 14.7 Å². The molecule has 2 aliphatic heterocycles. The van der Waals surface area contributed by atoms with Crippen molar-refractivity contribution in [1.82, 2.24) is 9.80 Å². The number of phenols is 1. The molecule has 2 fully saturated rings. The maximum Gasteiger partial charge on any atom is 0.251 e. The lowest BCUT2D eigenvalue weighted by Gasteiger charge is -2.61. The molecule has 1 spiro atoms. The quantitative estimate of drug-likeness (QED) is 0.272. The number of rotatable bonds is 6. The average molecular weight is 516 g/mol. The van der Waals surface area contributed by atoms with Crippen molar-refractivity contribution >= 4 is 12.0 Å². The molecule has 8 nitrogen and oxygen atoms in total. The van der Waals surface area contributed by atoms with E-state index in [0.29, 0.717) is 44.5 Å². The van der Waals surface area contributed by atoms with E-state index in [9.17, 15) is 20.0 Å². The number of piperidine rings is 1. The summed E-state index contributed by atoms with van der Waals surface area (Å²) >= 11 is 0. The second-order valence-corrected chi connectivity index (χ2v) is 11.2. The summed E-state index contributed by atoms with van der Waals surface area (Å²) in [6.07, 6.45) is 6.35. The zero-order chi connectivity index (χ0) is 26.8. The van der Waals surface area contributed by atoms with E-state index in [0.717, 1.165) is 22.3 Å². The number of ether oxygens (including phenoxy) is 1. The summed E-state index contributed by atoms with van der Waals surface area (Å²) < 4.78 is 6.53. The SMILES string of the molecule is C=CCN1CC[C@]23c4c5ccc(O)c4O[C@H]2[C@H](N(C)C(=O)C=Cc2cccc(C)c2)CC[C@@]3([N+](=O)[O-])[C@H]1C5. The van der Waals surface area contributed by atoms with Crippen molar-refractivity contribution in [3.8, 4) is 11.5 Å². The van der Waals surface area contributed by atoms with Crippen LogP contribution < -0.4 is 4.74 Å². The van der Waals surface area contributed by atoms with Crippen LogP contribution in [0.25, 0.3) is 6.08 Å². The molecule has 2 aromatic rings. The monoisotopic (exact) mass is 515 g/mol. The van der Waals surface area contributed by atoms with Gasteiger partial charge in [-0.1, -0.05) is 42.0 Å². The Morgan fingerprint density at radius 1 is 1.34 bits per heavy atom. The first-order valence-electron chi connectivity index (χ1n) is 13.3. The molecule has 2 bridgehead atoms. The number of carbonyl (C=O) groups is 1. The molecule has 0 unspecified atom stereocenters. The Morgan fingerprint density at radius 3 is 2.89 bits per heavy atom. The maximum atomic E-state index is 13.4. The van der Waals surface area contributed by atoms with E-state index in [-0.39, 0.29) is 28.7 Å². The third-order valence-electron chi connectivity index (χ3n) is 9.54. The molecular weight excluding hydrogens is 482 g/mol. The minimum atomic E-state index is -1.28. The lowest BCUT2D eigenvalue weighted by atomic mass is 9.46. The highest BCUT2D eigenvalue weighted by atomic mass is 16.6. The Hall–Kier alpha value is -3.65. The van der Waals surface area contributed by atoms with Crippen molar-refractivity contribution in [2.75, 3.05) is 20.1 Å². The minimum Gasteiger partial charge on any atom is -0.504 e. The number of aryl methyl sites for hydroxylation is 1. The molecule has 2 aliphatic carbocycles. The first-order valence-corrected chi connectivity index (χ1v) is 13.3. The lowest BCUT2D eigenvalue weighted by molar-refractivity contribution is -0.605. The van der Waals surface area contributed by atoms with Gasteiger partial charge in [-0.2, -0.15) is 0 Å². The van der Waals surface area contributed by atoms with Gasteiger partial charge in [-0.15, -0.1) is 6.58 Å². The number of aromatic hydroxyl groups is 1. The van der Waals surface area contributed by atoms with Gasteiger partial charge in [-0.05, 0) is 49.5 Å². The van der Waals surface area contributed by atoms with Crippen molar-refractivity contribution < 1.29 is 19.6 Å². The van der Waals surface area contributed by atoms with Crippen LogP contribution in [0.15, 0.2) is 55.1 Å². The Labute approximate surface area is 222 Å². The molecule has 0 aromatic heterocycles. The zero-order valence-electron chi connectivity index (χ0n) is 21.8. The molecule has 5 atom stereocenters. The molecule has 4 aliphatic rings. The van der Waals surface area contributed by atoms with Gasteiger partial charge in [0.05, 0.1) is 12.1 Å². The number of benzene rings is 2. The van der Waals surface area contributed by atoms with Crippen molar-refractivity contribution in [3.63, 3.8) is 0 Å². The molecule has 1 saturated heterocycles. The van der Waals surface area contributed by atoms with Gasteiger partial charge in [-0.25, -0.2) is 0 Å². The second-order valence-electron chi connectivity index (χ2n) is 11.2. The van der Waals surface area contributed by atoms with Crippen LogP contribution in [0, 0.1) is 17.0 Å². The maximum absolute atomic E-state index is 13.4. The molecule has 38 heavy (non-hydrogen) atoms. The predicted molar refractivity (Wildman–Crippen MR) is 144 cm³/mol. The molecule has 2 heterocycles. The van der Waals surface area contributed by atoms with E-state index >= 15 is 0 Å². The summed E-state index contributed by atoms with van der Waals surface area (Å²) in [5.74, 6) is 0.183. The van der Waals surface area contributed by atoms with Crippen LogP contribution in [-0.2, 0) is 16.6 Å². The molecular formula is C30H33N3O5. The normalized spacial score (nSPS) is 30.9. The van der Waals surface area contributed by atoms with Crippen LogP contribution in [0.5, 0.6) is 11.5 Å². The smallest absolute Gasteiger partial charge is 0.251 e. The minimum absolute atomic E-state index is 0.00353. The first-order chi connectivity index (χ1) is 18.2. The number of carbonyl (C=O) groups excluding carboxylic acids is 1. The third-order valence-corrected chi connectivity index (χ3v) is 9.54. The van der Waals surface area contributed by atoms with E-state index in [4.69, 9.17) is 4.74 Å². The lowest BCUT2D eigenvalue weighted by Crippen LogP contribution is -2.80. The predicted octanol–water partition coefficient (Wildman–Crippen LogP) is 3.87. The van der Waals surface area contributed by atoms with Crippen LogP contribution in [0.3, 0.4) is 0 Å². The van der Waals surface area contributed by atoms with Crippen molar-refractivity contribution in [2.24, 2.45) is 0 Å². The molecule has 8 heteroatoms. The second kappa shape index (κ2) is 8.70. The molecule has 1 amide bonds. The van der Waals surface area contributed by atoms with E-state index in [1.807, 2.05) is 43.3 Å². The number of nitrogens with zero attached hydrogens (tertiary/aromatic N) is 3. The van der Waals surface area contributed by atoms with Crippen molar-refractivity contribution in [3.05, 3.63) is 87.5 Å². The number of hydrogen-bond donors (Lipinski definition) is 1. The first kappa shape index (κ1) is 24.7. The highest BCUT2D eigenvalue weighted by Crippen LogP contribution is 2.66. The largest absolute Gasteiger partial charge is 0.504 e. The zero-order valence-corrected chi connectivity index (χ0v) is 21.8. The van der Waals surface area contributed by atoms with E-state index < -0.39 is 17.1 Å². The highest BCUT2D eigenvalue weighted by Gasteiger charge is 2.80. The van der Waals surface area contributed by atoms with Gasteiger partial charge in [0.2, 0.25) is 5.91 Å². The van der Waals surface area contributed by atoms with Gasteiger partial charge in [0.25, 0.3) is 5.54 Å². The van der Waals surface area contributed by atoms with Gasteiger partial charge in [-0.3, -0.25) is 19.8 Å². The number of likely N-dealkylation sites (N-methyl/N-ethyl adjacent to an activating group) is 1. The molecule has 6 rings (SSSR count). The van der Waals surface area contributed by atoms with E-state index in [1.165, 1.54) is 0 Å². The molecule has 1 N–H and O–H groups in total. The fourth-order valence-electron chi connectivity index (χ4n) is 7.98. The van der Waals surface area contributed by atoms with Crippen molar-refractivity contribution in [2.45, 2.75) is 61.7 Å². The highest BCUT2D eigenvalue weighted by molar-refractivity contribution is 5.92. The van der Waals surface area contributed by atoms with Crippen LogP contribution >= 0.6 is 0 Å². The van der Waals surface area contributed by atoms with Gasteiger partial charge in [0.1, 0.15) is 11.5 Å². The summed E-state index contributed by atoms with van der Waals surface area (Å²) in [6.45, 7) is 7.14. The Kier molecular flexibility index (Phi) is 5.65. The summed E-state index contributed by atoms with van der Waals surface area (Å²) in [6, 6.07) is 10.7. The van der Waals surface area contributed by atoms with E-state index in [1.54, 1.807) is 30.2 Å². The average Bonchev–Trinajstić information content (AvgIpc) is 3.25. The molecule has 2 aromatic carbocycles. The molecule has 198 valence electrons. The fraction of sp³-hybridized carbons (Fsp3) is 0.433. The van der Waals surface area contributed by atoms with Gasteiger partial charge in [0.15, 0.2) is 11.5 Å². The number of nitro groups is 1. The van der Waals surface area contributed by atoms with Gasteiger partial charge >= 0.3 is 0 Å². The van der Waals surface area contributed by atoms with E-state index in [2.05, 4.69) is 11.5 Å². The van der Waals surface area contributed by atoms with Crippen LogP contribution in [0.4, 0.5) is 0 Å². The van der Waals surface area contributed by atoms with Gasteiger partial charge in [0, 0.05) is 43.1 Å². The number of phenolic OH excluding ortho intramolecular Hbond substituents is 1. The number of amides is 1. The standard InChI is InChI=1S/C30H33N3O5/c1-4-15-32-16-14-29-26-21-9-10-23(34)27(26)38-28(29)22(12-13-30(29,33(36)37)24(32)18-21)31(3)25(35)11-8-20-7-5-6-19(2)17-20/h4-11,17,22,24,28,34H,1,12-16,18H2,2-3H3/t22-,24-,28+,29+,30-/m1/s1. The number of hydrogen-bond acceptors (Lipinski definition) is 6. The fourth-order valence-corrected chi connectivity index (χ4v) is 7.98. The number of likely N-dealkylation sites (tertiary alicyclic amines) is 1. The molecule has 0 radical (unpaired) electrons. The Balaban J connectivity index is 1.43. The third kappa shape index (κ3) is 3.16.